The average molecular weight is 827 g/mol. The van der Waals surface area contributed by atoms with Crippen molar-refractivity contribution in [2.24, 2.45) is 18.9 Å². The van der Waals surface area contributed by atoms with Crippen LogP contribution in [0, 0.1) is 11.8 Å². The zero-order valence-electron chi connectivity index (χ0n) is 35.3. The van der Waals surface area contributed by atoms with Crippen LogP contribution in [0.5, 0.6) is 0 Å². The first-order chi connectivity index (χ1) is 29.0. The van der Waals surface area contributed by atoms with Gasteiger partial charge in [0, 0.05) is 38.9 Å². The fraction of sp³-hybridized carbons (Fsp3) is 0.682. The van der Waals surface area contributed by atoms with Crippen molar-refractivity contribution in [3.8, 4) is 11.4 Å². The number of carbonyl (C=O) groups is 1. The van der Waals surface area contributed by atoms with Gasteiger partial charge in [0.05, 0.1) is 85.9 Å². The van der Waals surface area contributed by atoms with Crippen molar-refractivity contribution in [2.75, 3.05) is 99.6 Å². The van der Waals surface area contributed by atoms with Crippen LogP contribution in [0.2, 0.25) is 0 Å². The largest absolute Gasteiger partial charge is 0.460 e. The van der Waals surface area contributed by atoms with E-state index in [2.05, 4.69) is 0 Å². The SMILES string of the molecule is COCCOCCOCCOCCOCCOCCOCCOC(=O)/C=C/c1ccc(-c2nc3c(c(=O)n(CC4CCCCC4)c(=O)n3CC3CCCCC3)n2C)cc1. The van der Waals surface area contributed by atoms with Crippen LogP contribution >= 0.6 is 0 Å². The molecule has 0 atom stereocenters. The summed E-state index contributed by atoms with van der Waals surface area (Å²) in [5.74, 6) is 0.889. The minimum absolute atomic E-state index is 0.124. The highest BCUT2D eigenvalue weighted by Gasteiger charge is 2.25. The molecule has 59 heavy (non-hydrogen) atoms. The Morgan fingerprint density at radius 2 is 1.10 bits per heavy atom. The van der Waals surface area contributed by atoms with Gasteiger partial charge in [0.15, 0.2) is 11.2 Å². The number of esters is 1. The lowest BCUT2D eigenvalue weighted by Gasteiger charge is -2.24. The van der Waals surface area contributed by atoms with Crippen LogP contribution in [-0.2, 0) is 62.8 Å². The predicted molar refractivity (Wildman–Crippen MR) is 225 cm³/mol. The Labute approximate surface area is 347 Å². The molecule has 2 fully saturated rings. The normalized spacial score (nSPS) is 15.5. The zero-order chi connectivity index (χ0) is 41.5. The molecular weight excluding hydrogens is 761 g/mol. The molecule has 3 aromatic rings. The van der Waals surface area contributed by atoms with E-state index in [0.29, 0.717) is 121 Å². The summed E-state index contributed by atoms with van der Waals surface area (Å²) in [5, 5.41) is 0. The van der Waals surface area contributed by atoms with E-state index in [-0.39, 0.29) is 24.5 Å². The van der Waals surface area contributed by atoms with Gasteiger partial charge in [0.2, 0.25) is 0 Å². The van der Waals surface area contributed by atoms with Crippen molar-refractivity contribution < 1.29 is 42.7 Å². The molecule has 0 N–H and O–H groups in total. The fourth-order valence-corrected chi connectivity index (χ4v) is 7.70. The second-order valence-electron chi connectivity index (χ2n) is 15.3. The number of hydrogen-bond donors (Lipinski definition) is 0. The van der Waals surface area contributed by atoms with Gasteiger partial charge in [0.1, 0.15) is 12.4 Å². The van der Waals surface area contributed by atoms with Gasteiger partial charge in [-0.15, -0.1) is 0 Å². The van der Waals surface area contributed by atoms with Crippen molar-refractivity contribution in [3.05, 3.63) is 56.7 Å². The number of hydrogen-bond acceptors (Lipinski definition) is 12. The third-order valence-electron chi connectivity index (χ3n) is 10.9. The van der Waals surface area contributed by atoms with Crippen molar-refractivity contribution >= 4 is 23.2 Å². The molecule has 0 bridgehead atoms. The first-order valence-electron chi connectivity index (χ1n) is 21.6. The molecule has 2 aromatic heterocycles. The van der Waals surface area contributed by atoms with Gasteiger partial charge < -0.3 is 42.5 Å². The van der Waals surface area contributed by atoms with E-state index in [1.54, 1.807) is 17.8 Å². The van der Waals surface area contributed by atoms with Crippen LogP contribution in [-0.4, -0.2) is 124 Å². The van der Waals surface area contributed by atoms with E-state index in [1.807, 2.05) is 35.9 Å². The zero-order valence-corrected chi connectivity index (χ0v) is 35.3. The summed E-state index contributed by atoms with van der Waals surface area (Å²) in [6.07, 6.45) is 14.4. The second kappa shape index (κ2) is 26.5. The molecule has 2 heterocycles. The Hall–Kier alpha value is -3.70. The number of carbonyl (C=O) groups excluding carboxylic acids is 1. The number of nitrogens with zero attached hydrogens (tertiary/aromatic N) is 4. The van der Waals surface area contributed by atoms with E-state index in [4.69, 9.17) is 42.9 Å². The number of fused-ring (bicyclic) bond motifs is 1. The molecule has 1 aromatic carbocycles. The van der Waals surface area contributed by atoms with Crippen LogP contribution in [0.1, 0.15) is 69.8 Å². The second-order valence-corrected chi connectivity index (χ2v) is 15.3. The van der Waals surface area contributed by atoms with Crippen LogP contribution in [0.15, 0.2) is 39.9 Å². The van der Waals surface area contributed by atoms with Crippen LogP contribution in [0.3, 0.4) is 0 Å². The fourth-order valence-electron chi connectivity index (χ4n) is 7.70. The highest BCUT2D eigenvalue weighted by molar-refractivity contribution is 5.87. The van der Waals surface area contributed by atoms with E-state index in [9.17, 15) is 14.4 Å². The Morgan fingerprint density at radius 1 is 0.644 bits per heavy atom. The summed E-state index contributed by atoms with van der Waals surface area (Å²) < 4.78 is 48.0. The number of ether oxygens (including phenoxy) is 8. The smallest absolute Gasteiger partial charge is 0.332 e. The lowest BCUT2D eigenvalue weighted by atomic mass is 9.89. The van der Waals surface area contributed by atoms with Gasteiger partial charge >= 0.3 is 11.7 Å². The van der Waals surface area contributed by atoms with E-state index in [1.165, 1.54) is 36.3 Å². The monoisotopic (exact) mass is 826 g/mol. The number of methoxy groups -OCH3 is 1. The van der Waals surface area contributed by atoms with Crippen LogP contribution in [0.4, 0.5) is 0 Å². The average Bonchev–Trinajstić information content (AvgIpc) is 3.61. The first kappa shape index (κ1) is 46.4. The van der Waals surface area contributed by atoms with Gasteiger partial charge in [0.25, 0.3) is 5.56 Å². The molecular formula is C44H66N4O11. The Bertz CT molecular complexity index is 1810. The van der Waals surface area contributed by atoms with Gasteiger partial charge in [-0.1, -0.05) is 62.8 Å². The van der Waals surface area contributed by atoms with E-state index < -0.39 is 5.97 Å². The Morgan fingerprint density at radius 3 is 1.59 bits per heavy atom. The standard InChI is InChI=1S/C44H66N4O11/c1-46-40-42(47(33-36-9-5-3-6-10-36)44(51)48(43(40)50)34-37-11-7-4-8-12-37)45-41(46)38-16-13-35(14-17-38)15-18-39(49)59-32-31-58-30-29-57-28-27-56-26-25-55-24-23-54-22-21-53-20-19-52-2/h13-18,36-37H,3-12,19-34H2,1-2H3/b18-15+. The van der Waals surface area contributed by atoms with Crippen LogP contribution < -0.4 is 11.2 Å². The molecule has 2 aliphatic carbocycles. The maximum absolute atomic E-state index is 14.0. The summed E-state index contributed by atoms with van der Waals surface area (Å²) in [6, 6.07) is 7.60. The van der Waals surface area contributed by atoms with Gasteiger partial charge in [-0.05, 0) is 49.2 Å². The van der Waals surface area contributed by atoms with Crippen molar-refractivity contribution in [3.63, 3.8) is 0 Å². The Kier molecular flexibility index (Phi) is 20.8. The van der Waals surface area contributed by atoms with Gasteiger partial charge in [-0.3, -0.25) is 13.9 Å². The molecule has 15 nitrogen and oxygen atoms in total. The summed E-state index contributed by atoms with van der Waals surface area (Å²) >= 11 is 0. The van der Waals surface area contributed by atoms with Crippen molar-refractivity contribution in [1.29, 1.82) is 0 Å². The number of aromatic nitrogens is 4. The highest BCUT2D eigenvalue weighted by atomic mass is 16.6. The lowest BCUT2D eigenvalue weighted by molar-refractivity contribution is -0.139. The number of rotatable bonds is 28. The molecule has 0 saturated heterocycles. The summed E-state index contributed by atoms with van der Waals surface area (Å²) in [7, 11) is 3.49. The summed E-state index contributed by atoms with van der Waals surface area (Å²) in [6.45, 7) is 7.28. The third-order valence-corrected chi connectivity index (χ3v) is 10.9. The number of imidazole rings is 1. The quantitative estimate of drug-likeness (QED) is 0.0549. The van der Waals surface area contributed by atoms with Gasteiger partial charge in [-0.25, -0.2) is 14.6 Å². The minimum Gasteiger partial charge on any atom is -0.460 e. The first-order valence-corrected chi connectivity index (χ1v) is 21.6. The molecule has 0 radical (unpaired) electrons. The highest BCUT2D eigenvalue weighted by Crippen LogP contribution is 2.28. The van der Waals surface area contributed by atoms with Crippen LogP contribution in [0.25, 0.3) is 28.6 Å². The lowest BCUT2D eigenvalue weighted by Crippen LogP contribution is -2.43. The third kappa shape index (κ3) is 15.4. The topological polar surface area (TPSA) is 153 Å². The molecule has 0 unspecified atom stereocenters. The van der Waals surface area contributed by atoms with Gasteiger partial charge in [-0.2, -0.15) is 0 Å². The molecule has 0 spiro atoms. The van der Waals surface area contributed by atoms with E-state index >= 15 is 0 Å². The molecule has 2 saturated carbocycles. The predicted octanol–water partition coefficient (Wildman–Crippen LogP) is 5.03. The Balaban J connectivity index is 0.997. The number of benzene rings is 1. The summed E-state index contributed by atoms with van der Waals surface area (Å²) in [5.41, 5.74) is 2.05. The molecule has 15 heteroatoms. The molecule has 328 valence electrons. The molecule has 5 rings (SSSR count). The van der Waals surface area contributed by atoms with Crippen molar-refractivity contribution in [1.82, 2.24) is 18.7 Å². The molecule has 0 amide bonds. The maximum Gasteiger partial charge on any atom is 0.332 e. The minimum atomic E-state index is -0.471. The maximum atomic E-state index is 14.0. The van der Waals surface area contributed by atoms with E-state index in [0.717, 1.165) is 49.7 Å². The summed E-state index contributed by atoms with van der Waals surface area (Å²) in [4.78, 5) is 45.3. The number of aryl methyl sites for hydroxylation is 1. The van der Waals surface area contributed by atoms with Crippen molar-refractivity contribution in [2.45, 2.75) is 77.3 Å². The molecule has 0 aliphatic heterocycles. The molecule has 2 aliphatic rings.